The molecule has 0 saturated carbocycles. The summed E-state index contributed by atoms with van der Waals surface area (Å²) in [5.41, 5.74) is 0.536. The standard InChI is InChI=1S/C14H16ClFN2O2/c1-8-5-13(19)17-9(2)14(20)18(8)7-10-6-11(16)3-4-12(10)15/h3-4,6,8-9H,5,7H2,1-2H3,(H,17,19). The van der Waals surface area contributed by atoms with Crippen LogP contribution in [0.4, 0.5) is 4.39 Å². The van der Waals surface area contributed by atoms with Gasteiger partial charge < -0.3 is 10.2 Å². The van der Waals surface area contributed by atoms with E-state index >= 15 is 0 Å². The van der Waals surface area contributed by atoms with Crippen molar-refractivity contribution in [2.75, 3.05) is 0 Å². The number of hydrogen-bond donors (Lipinski definition) is 1. The molecule has 0 aromatic heterocycles. The maximum atomic E-state index is 13.3. The average molecular weight is 299 g/mol. The zero-order chi connectivity index (χ0) is 14.9. The van der Waals surface area contributed by atoms with E-state index in [1.165, 1.54) is 18.2 Å². The van der Waals surface area contributed by atoms with Gasteiger partial charge in [-0.3, -0.25) is 9.59 Å². The third-order valence-electron chi connectivity index (χ3n) is 3.39. The molecule has 2 unspecified atom stereocenters. The minimum Gasteiger partial charge on any atom is -0.345 e. The van der Waals surface area contributed by atoms with Crippen molar-refractivity contribution in [2.45, 2.75) is 38.9 Å². The van der Waals surface area contributed by atoms with Gasteiger partial charge in [-0.25, -0.2) is 4.39 Å². The van der Waals surface area contributed by atoms with E-state index < -0.39 is 11.9 Å². The van der Waals surface area contributed by atoms with E-state index in [4.69, 9.17) is 11.6 Å². The lowest BCUT2D eigenvalue weighted by atomic mass is 10.1. The molecule has 20 heavy (non-hydrogen) atoms. The Hall–Kier alpha value is -1.62. The first kappa shape index (κ1) is 14.8. The maximum absolute atomic E-state index is 13.3. The highest BCUT2D eigenvalue weighted by molar-refractivity contribution is 6.31. The quantitative estimate of drug-likeness (QED) is 0.909. The number of benzene rings is 1. The lowest BCUT2D eigenvalue weighted by Crippen LogP contribution is -2.44. The smallest absolute Gasteiger partial charge is 0.245 e. The summed E-state index contributed by atoms with van der Waals surface area (Å²) in [6.45, 7) is 3.62. The second-order valence-electron chi connectivity index (χ2n) is 5.04. The van der Waals surface area contributed by atoms with Gasteiger partial charge in [-0.15, -0.1) is 0 Å². The van der Waals surface area contributed by atoms with Crippen molar-refractivity contribution in [3.8, 4) is 0 Å². The van der Waals surface area contributed by atoms with E-state index in [-0.39, 0.29) is 30.8 Å². The van der Waals surface area contributed by atoms with Crippen LogP contribution >= 0.6 is 11.6 Å². The topological polar surface area (TPSA) is 49.4 Å². The van der Waals surface area contributed by atoms with Crippen molar-refractivity contribution in [1.29, 1.82) is 0 Å². The molecule has 0 spiro atoms. The highest BCUT2D eigenvalue weighted by Gasteiger charge is 2.31. The number of rotatable bonds is 2. The van der Waals surface area contributed by atoms with Crippen LogP contribution in [-0.2, 0) is 16.1 Å². The van der Waals surface area contributed by atoms with Crippen molar-refractivity contribution in [3.05, 3.63) is 34.6 Å². The zero-order valence-electron chi connectivity index (χ0n) is 11.3. The van der Waals surface area contributed by atoms with E-state index in [9.17, 15) is 14.0 Å². The highest BCUT2D eigenvalue weighted by Crippen LogP contribution is 2.22. The van der Waals surface area contributed by atoms with Crippen molar-refractivity contribution < 1.29 is 14.0 Å². The summed E-state index contributed by atoms with van der Waals surface area (Å²) in [6.07, 6.45) is 0.225. The molecule has 0 bridgehead atoms. The molecule has 2 amide bonds. The first-order chi connectivity index (χ1) is 9.38. The van der Waals surface area contributed by atoms with E-state index in [1.807, 2.05) is 0 Å². The molecule has 1 aliphatic heterocycles. The number of carbonyl (C=O) groups excluding carboxylic acids is 2. The number of nitrogens with one attached hydrogen (secondary N) is 1. The van der Waals surface area contributed by atoms with Crippen LogP contribution in [0.15, 0.2) is 18.2 Å². The molecule has 2 rings (SSSR count). The predicted molar refractivity (Wildman–Crippen MR) is 73.6 cm³/mol. The first-order valence-corrected chi connectivity index (χ1v) is 6.80. The fourth-order valence-electron chi connectivity index (χ4n) is 2.29. The molecule has 1 heterocycles. The number of halogens is 2. The Morgan fingerprint density at radius 3 is 2.80 bits per heavy atom. The zero-order valence-corrected chi connectivity index (χ0v) is 12.1. The Morgan fingerprint density at radius 1 is 1.40 bits per heavy atom. The third kappa shape index (κ3) is 3.10. The summed E-state index contributed by atoms with van der Waals surface area (Å²) in [5, 5.41) is 3.03. The number of carbonyl (C=O) groups is 2. The van der Waals surface area contributed by atoms with Gasteiger partial charge in [0.2, 0.25) is 11.8 Å². The van der Waals surface area contributed by atoms with Crippen molar-refractivity contribution in [1.82, 2.24) is 10.2 Å². The molecule has 0 radical (unpaired) electrons. The molecule has 2 atom stereocenters. The second-order valence-corrected chi connectivity index (χ2v) is 5.45. The number of nitrogens with zero attached hydrogens (tertiary/aromatic N) is 1. The number of hydrogen-bond acceptors (Lipinski definition) is 2. The van der Waals surface area contributed by atoms with E-state index in [0.717, 1.165) is 0 Å². The van der Waals surface area contributed by atoms with Gasteiger partial charge in [0, 0.05) is 24.0 Å². The van der Waals surface area contributed by atoms with Crippen LogP contribution in [0.5, 0.6) is 0 Å². The van der Waals surface area contributed by atoms with Gasteiger partial charge in [-0.2, -0.15) is 0 Å². The molecule has 1 aliphatic rings. The summed E-state index contributed by atoms with van der Waals surface area (Å²) in [7, 11) is 0. The SMILES string of the molecule is CC1NC(=O)CC(C)N(Cc2cc(F)ccc2Cl)C1=O. The summed E-state index contributed by atoms with van der Waals surface area (Å²) >= 11 is 6.03. The van der Waals surface area contributed by atoms with Gasteiger partial charge in [-0.1, -0.05) is 11.6 Å². The Bertz CT molecular complexity index is 550. The fraction of sp³-hybridized carbons (Fsp3) is 0.429. The third-order valence-corrected chi connectivity index (χ3v) is 3.76. The molecule has 1 fully saturated rings. The molecule has 1 aromatic carbocycles. The molecule has 1 aromatic rings. The maximum Gasteiger partial charge on any atom is 0.245 e. The first-order valence-electron chi connectivity index (χ1n) is 6.42. The van der Waals surface area contributed by atoms with Crippen molar-refractivity contribution in [2.24, 2.45) is 0 Å². The normalized spacial score (nSPS) is 23.5. The molecule has 6 heteroatoms. The van der Waals surface area contributed by atoms with Crippen LogP contribution in [0.2, 0.25) is 5.02 Å². The molecule has 1 N–H and O–H groups in total. The van der Waals surface area contributed by atoms with Crippen LogP contribution in [0.3, 0.4) is 0 Å². The average Bonchev–Trinajstić information content (AvgIpc) is 2.45. The van der Waals surface area contributed by atoms with Crippen LogP contribution in [0.1, 0.15) is 25.8 Å². The van der Waals surface area contributed by atoms with E-state index in [0.29, 0.717) is 10.6 Å². The van der Waals surface area contributed by atoms with Crippen LogP contribution in [0.25, 0.3) is 0 Å². The highest BCUT2D eigenvalue weighted by atomic mass is 35.5. The lowest BCUT2D eigenvalue weighted by molar-refractivity contribution is -0.135. The molecule has 108 valence electrons. The number of amides is 2. The Balaban J connectivity index is 2.27. The van der Waals surface area contributed by atoms with Crippen LogP contribution < -0.4 is 5.32 Å². The fourth-order valence-corrected chi connectivity index (χ4v) is 2.47. The van der Waals surface area contributed by atoms with Crippen LogP contribution in [0, 0.1) is 5.82 Å². The van der Waals surface area contributed by atoms with E-state index in [2.05, 4.69) is 5.32 Å². The summed E-state index contributed by atoms with van der Waals surface area (Å²) in [6, 6.07) is 3.21. The van der Waals surface area contributed by atoms with Gasteiger partial charge in [0.05, 0.1) is 0 Å². The molecular formula is C14H16ClFN2O2. The summed E-state index contributed by atoms with van der Waals surface area (Å²) in [4.78, 5) is 25.4. The second kappa shape index (κ2) is 5.79. The van der Waals surface area contributed by atoms with Gasteiger partial charge in [0.1, 0.15) is 11.9 Å². The van der Waals surface area contributed by atoms with Gasteiger partial charge in [-0.05, 0) is 37.6 Å². The molecule has 1 saturated heterocycles. The predicted octanol–water partition coefficient (Wildman–Crippen LogP) is 2.10. The van der Waals surface area contributed by atoms with Crippen molar-refractivity contribution in [3.63, 3.8) is 0 Å². The largest absolute Gasteiger partial charge is 0.345 e. The molecular weight excluding hydrogens is 283 g/mol. The molecule has 4 nitrogen and oxygen atoms in total. The molecule has 0 aliphatic carbocycles. The minimum atomic E-state index is -0.584. The van der Waals surface area contributed by atoms with Gasteiger partial charge >= 0.3 is 0 Å². The summed E-state index contributed by atoms with van der Waals surface area (Å²) in [5.74, 6) is -0.753. The van der Waals surface area contributed by atoms with Gasteiger partial charge in [0.15, 0.2) is 0 Å². The Labute approximate surface area is 121 Å². The Morgan fingerprint density at radius 2 is 2.10 bits per heavy atom. The van der Waals surface area contributed by atoms with Crippen molar-refractivity contribution >= 4 is 23.4 Å². The van der Waals surface area contributed by atoms with E-state index in [1.54, 1.807) is 18.7 Å². The van der Waals surface area contributed by atoms with Gasteiger partial charge in [0.25, 0.3) is 0 Å². The van der Waals surface area contributed by atoms with Crippen LogP contribution in [-0.4, -0.2) is 28.8 Å². The minimum absolute atomic E-state index is 0.161. The lowest BCUT2D eigenvalue weighted by Gasteiger charge is -2.28. The Kier molecular flexibility index (Phi) is 4.28. The summed E-state index contributed by atoms with van der Waals surface area (Å²) < 4.78 is 13.3. The monoisotopic (exact) mass is 298 g/mol.